The number of halogens is 3. The van der Waals surface area contributed by atoms with Crippen LogP contribution in [0.15, 0.2) is 115 Å². The molecular formula is C34H33F3N2O2. The molecule has 1 unspecified atom stereocenters. The molecule has 0 aromatic heterocycles. The predicted octanol–water partition coefficient (Wildman–Crippen LogP) is 6.75. The van der Waals surface area contributed by atoms with Gasteiger partial charge in [0, 0.05) is 26.2 Å². The Kier molecular flexibility index (Phi) is 8.57. The van der Waals surface area contributed by atoms with Crippen LogP contribution in [0, 0.1) is 0 Å². The molecule has 41 heavy (non-hydrogen) atoms. The van der Waals surface area contributed by atoms with Crippen LogP contribution in [0.2, 0.25) is 0 Å². The summed E-state index contributed by atoms with van der Waals surface area (Å²) in [6.45, 7) is 3.08. The van der Waals surface area contributed by atoms with Gasteiger partial charge in [0.15, 0.2) is 0 Å². The quantitative estimate of drug-likeness (QED) is 0.177. The van der Waals surface area contributed by atoms with E-state index in [0.29, 0.717) is 13.1 Å². The minimum atomic E-state index is -4.49. The Morgan fingerprint density at radius 1 is 0.756 bits per heavy atom. The number of piperazine rings is 1. The summed E-state index contributed by atoms with van der Waals surface area (Å²) in [6.07, 6.45) is -4.49. The van der Waals surface area contributed by atoms with Crippen molar-refractivity contribution in [2.75, 3.05) is 26.2 Å². The van der Waals surface area contributed by atoms with Gasteiger partial charge in [-0.3, -0.25) is 14.6 Å². The second-order valence-electron chi connectivity index (χ2n) is 10.1. The summed E-state index contributed by atoms with van der Waals surface area (Å²) >= 11 is 0. The van der Waals surface area contributed by atoms with E-state index in [1.54, 1.807) is 13.0 Å². The first-order valence-electron chi connectivity index (χ1n) is 13.8. The van der Waals surface area contributed by atoms with Crippen LogP contribution >= 0.6 is 0 Å². The fraction of sp³-hybridized carbons (Fsp3) is 0.265. The lowest BCUT2D eigenvalue weighted by Gasteiger charge is -2.51. The zero-order valence-electron chi connectivity index (χ0n) is 22.9. The Labute approximate surface area is 239 Å². The van der Waals surface area contributed by atoms with Crippen LogP contribution in [0.25, 0.3) is 0 Å². The highest BCUT2D eigenvalue weighted by Gasteiger charge is 2.47. The average Bonchev–Trinajstić information content (AvgIpc) is 3.00. The van der Waals surface area contributed by atoms with Gasteiger partial charge in [0.05, 0.1) is 17.7 Å². The van der Waals surface area contributed by atoms with Gasteiger partial charge in [-0.2, -0.15) is 13.2 Å². The molecule has 0 radical (unpaired) electrons. The maximum Gasteiger partial charge on any atom is 0.416 e. The molecular weight excluding hydrogens is 525 g/mol. The summed E-state index contributed by atoms with van der Waals surface area (Å²) in [4.78, 5) is 17.6. The van der Waals surface area contributed by atoms with Gasteiger partial charge < -0.3 is 4.74 Å². The Morgan fingerprint density at radius 3 is 1.73 bits per heavy atom. The molecule has 4 nitrogen and oxygen atoms in total. The predicted molar refractivity (Wildman–Crippen MR) is 153 cm³/mol. The van der Waals surface area contributed by atoms with Crippen LogP contribution < -0.4 is 0 Å². The van der Waals surface area contributed by atoms with E-state index in [-0.39, 0.29) is 25.3 Å². The first-order valence-corrected chi connectivity index (χ1v) is 13.8. The molecule has 7 heteroatoms. The van der Waals surface area contributed by atoms with Crippen molar-refractivity contribution in [2.45, 2.75) is 31.2 Å². The lowest BCUT2D eigenvalue weighted by atomic mass is 9.75. The number of benzene rings is 4. The maximum atomic E-state index is 13.8. The molecule has 1 aliphatic heterocycles. The number of carbonyl (C=O) groups excluding carboxylic acids is 1. The third kappa shape index (κ3) is 5.78. The van der Waals surface area contributed by atoms with E-state index in [1.165, 1.54) is 12.1 Å². The van der Waals surface area contributed by atoms with Crippen LogP contribution in [-0.2, 0) is 27.8 Å². The molecule has 0 spiro atoms. The molecule has 1 saturated heterocycles. The largest absolute Gasteiger partial charge is 0.465 e. The van der Waals surface area contributed by atoms with E-state index in [2.05, 4.69) is 41.3 Å². The fourth-order valence-electron chi connectivity index (χ4n) is 6.02. The number of esters is 1. The Bertz CT molecular complexity index is 1330. The van der Waals surface area contributed by atoms with Crippen LogP contribution in [0.3, 0.4) is 0 Å². The summed E-state index contributed by atoms with van der Waals surface area (Å²) in [7, 11) is 0. The molecule has 1 fully saturated rings. The van der Waals surface area contributed by atoms with Gasteiger partial charge in [-0.1, -0.05) is 109 Å². The standard InChI is InChI=1S/C34H33F3N2O2/c1-2-41-32(40)31-25-39(23-22-38(31)24-26-14-12-13-21-30(26)34(35,36)37)33(27-15-6-3-7-16-27,28-17-8-4-9-18-28)29-19-10-5-11-20-29/h3-21,31H,2,22-25H2,1H3. The molecule has 0 aliphatic carbocycles. The fourth-order valence-corrected chi connectivity index (χ4v) is 6.02. The van der Waals surface area contributed by atoms with Gasteiger partial charge in [0.1, 0.15) is 6.04 Å². The van der Waals surface area contributed by atoms with Crippen molar-refractivity contribution in [3.8, 4) is 0 Å². The zero-order valence-corrected chi connectivity index (χ0v) is 22.9. The summed E-state index contributed by atoms with van der Waals surface area (Å²) in [5.74, 6) is -0.440. The van der Waals surface area contributed by atoms with Crippen molar-refractivity contribution in [1.82, 2.24) is 9.80 Å². The number of ether oxygens (including phenoxy) is 1. The monoisotopic (exact) mass is 558 g/mol. The Hall–Kier alpha value is -3.94. The number of alkyl halides is 3. The number of rotatable bonds is 8. The summed E-state index contributed by atoms with van der Waals surface area (Å²) in [6, 6.07) is 35.3. The highest BCUT2D eigenvalue weighted by molar-refractivity contribution is 5.76. The molecule has 0 saturated carbocycles. The van der Waals surface area contributed by atoms with Crippen molar-refractivity contribution in [3.63, 3.8) is 0 Å². The number of hydrogen-bond donors (Lipinski definition) is 0. The SMILES string of the molecule is CCOC(=O)C1CN(C(c2ccccc2)(c2ccccc2)c2ccccc2)CCN1Cc1ccccc1C(F)(F)F. The topological polar surface area (TPSA) is 32.8 Å². The third-order valence-corrected chi connectivity index (χ3v) is 7.80. The minimum absolute atomic E-state index is 0.0119. The van der Waals surface area contributed by atoms with E-state index in [4.69, 9.17) is 4.74 Å². The van der Waals surface area contributed by atoms with Gasteiger partial charge in [-0.05, 0) is 35.2 Å². The highest BCUT2D eigenvalue weighted by atomic mass is 19.4. The number of nitrogens with zero attached hydrogens (tertiary/aromatic N) is 2. The first-order chi connectivity index (χ1) is 19.9. The third-order valence-electron chi connectivity index (χ3n) is 7.80. The van der Waals surface area contributed by atoms with Crippen LogP contribution in [-0.4, -0.2) is 48.1 Å². The van der Waals surface area contributed by atoms with Gasteiger partial charge >= 0.3 is 12.1 Å². The van der Waals surface area contributed by atoms with Gasteiger partial charge in [-0.15, -0.1) is 0 Å². The van der Waals surface area contributed by atoms with E-state index in [0.717, 1.165) is 22.8 Å². The van der Waals surface area contributed by atoms with Crippen molar-refractivity contribution in [1.29, 1.82) is 0 Å². The molecule has 4 aromatic carbocycles. The van der Waals surface area contributed by atoms with Gasteiger partial charge in [0.25, 0.3) is 0 Å². The van der Waals surface area contributed by atoms with Crippen molar-refractivity contribution in [3.05, 3.63) is 143 Å². The van der Waals surface area contributed by atoms with Gasteiger partial charge in [-0.25, -0.2) is 0 Å². The van der Waals surface area contributed by atoms with E-state index >= 15 is 0 Å². The lowest BCUT2D eigenvalue weighted by molar-refractivity contribution is -0.153. The van der Waals surface area contributed by atoms with E-state index in [9.17, 15) is 18.0 Å². The van der Waals surface area contributed by atoms with E-state index < -0.39 is 29.3 Å². The summed E-state index contributed by atoms with van der Waals surface area (Å²) in [5.41, 5.74) is 1.83. The second-order valence-corrected chi connectivity index (χ2v) is 10.1. The molecule has 1 heterocycles. The van der Waals surface area contributed by atoms with Crippen molar-refractivity contribution >= 4 is 5.97 Å². The van der Waals surface area contributed by atoms with E-state index in [1.807, 2.05) is 59.5 Å². The normalized spacial score (nSPS) is 16.8. The van der Waals surface area contributed by atoms with Crippen LogP contribution in [0.1, 0.15) is 34.7 Å². The summed E-state index contributed by atoms with van der Waals surface area (Å²) in [5, 5.41) is 0. The highest BCUT2D eigenvalue weighted by Crippen LogP contribution is 2.43. The molecule has 4 aromatic rings. The minimum Gasteiger partial charge on any atom is -0.465 e. The van der Waals surface area contributed by atoms with Crippen LogP contribution in [0.5, 0.6) is 0 Å². The number of hydrogen-bond acceptors (Lipinski definition) is 4. The summed E-state index contributed by atoms with van der Waals surface area (Å²) < 4.78 is 47.0. The average molecular weight is 559 g/mol. The Balaban J connectivity index is 1.61. The van der Waals surface area contributed by atoms with Gasteiger partial charge in [0.2, 0.25) is 0 Å². The maximum absolute atomic E-state index is 13.8. The smallest absolute Gasteiger partial charge is 0.416 e. The molecule has 1 atom stereocenters. The number of carbonyl (C=O) groups is 1. The first kappa shape index (κ1) is 28.6. The van der Waals surface area contributed by atoms with Crippen LogP contribution in [0.4, 0.5) is 13.2 Å². The van der Waals surface area contributed by atoms with Crippen molar-refractivity contribution < 1.29 is 22.7 Å². The molecule has 0 N–H and O–H groups in total. The molecule has 0 bridgehead atoms. The molecule has 212 valence electrons. The van der Waals surface area contributed by atoms with Crippen molar-refractivity contribution in [2.24, 2.45) is 0 Å². The zero-order chi connectivity index (χ0) is 28.9. The molecule has 5 rings (SSSR count). The lowest BCUT2D eigenvalue weighted by Crippen LogP contribution is -2.62. The molecule has 1 aliphatic rings. The Morgan fingerprint density at radius 2 is 1.24 bits per heavy atom. The second kappa shape index (κ2) is 12.3. The molecule has 0 amide bonds.